The lowest BCUT2D eigenvalue weighted by Gasteiger charge is -2.32. The molecule has 1 fully saturated rings. The summed E-state index contributed by atoms with van der Waals surface area (Å²) in [5.41, 5.74) is 0. The van der Waals surface area contributed by atoms with Gasteiger partial charge in [0, 0.05) is 0 Å². The average molecular weight is 307 g/mol. The normalized spacial score (nSPS) is 24.1. The summed E-state index contributed by atoms with van der Waals surface area (Å²) in [6, 6.07) is -1.27. The second kappa shape index (κ2) is 5.88. The topological polar surface area (TPSA) is 55.4 Å². The van der Waals surface area contributed by atoms with Crippen molar-refractivity contribution in [3.63, 3.8) is 0 Å². The molecular weight excluding hydrogens is 296 g/mol. The highest BCUT2D eigenvalue weighted by molar-refractivity contribution is 5.82. The SMILES string of the molecule is O=C(NC1CCCCC1OC(=O)C(F)(F)F)C(F)(F)F. The van der Waals surface area contributed by atoms with Crippen molar-refractivity contribution >= 4 is 11.9 Å². The molecule has 0 aromatic heterocycles. The van der Waals surface area contributed by atoms with E-state index in [1.807, 2.05) is 0 Å². The molecule has 0 spiro atoms. The van der Waals surface area contributed by atoms with Gasteiger partial charge >= 0.3 is 24.2 Å². The summed E-state index contributed by atoms with van der Waals surface area (Å²) < 4.78 is 76.5. The van der Waals surface area contributed by atoms with Crippen LogP contribution in [0.1, 0.15) is 25.7 Å². The van der Waals surface area contributed by atoms with Crippen LogP contribution < -0.4 is 5.32 Å². The maximum absolute atomic E-state index is 12.1. The van der Waals surface area contributed by atoms with Crippen molar-refractivity contribution < 1.29 is 40.7 Å². The van der Waals surface area contributed by atoms with Crippen LogP contribution in [-0.2, 0) is 14.3 Å². The molecule has 4 nitrogen and oxygen atoms in total. The predicted molar refractivity (Wildman–Crippen MR) is 52.4 cm³/mol. The number of nitrogens with one attached hydrogen (secondary N) is 1. The lowest BCUT2D eigenvalue weighted by Crippen LogP contribution is -2.51. The summed E-state index contributed by atoms with van der Waals surface area (Å²) in [5.74, 6) is -4.74. The zero-order valence-corrected chi connectivity index (χ0v) is 9.98. The molecule has 0 saturated heterocycles. The van der Waals surface area contributed by atoms with E-state index in [-0.39, 0.29) is 12.8 Å². The van der Waals surface area contributed by atoms with Crippen LogP contribution in [0.5, 0.6) is 0 Å². The van der Waals surface area contributed by atoms with Crippen LogP contribution in [-0.4, -0.2) is 36.4 Å². The Kier molecular flexibility index (Phi) is 4.87. The highest BCUT2D eigenvalue weighted by Gasteiger charge is 2.45. The van der Waals surface area contributed by atoms with Crippen molar-refractivity contribution in [3.05, 3.63) is 0 Å². The summed E-state index contributed by atoms with van der Waals surface area (Å²) in [6.45, 7) is 0. The number of hydrogen-bond acceptors (Lipinski definition) is 3. The zero-order chi connectivity index (χ0) is 15.6. The number of alkyl halides is 6. The molecule has 1 aliphatic rings. The number of esters is 1. The van der Waals surface area contributed by atoms with E-state index < -0.39 is 36.4 Å². The van der Waals surface area contributed by atoms with Crippen LogP contribution in [0.3, 0.4) is 0 Å². The Bertz CT molecular complexity index is 342. The third kappa shape index (κ3) is 4.57. The maximum atomic E-state index is 12.1. The minimum Gasteiger partial charge on any atom is -0.454 e. The summed E-state index contributed by atoms with van der Waals surface area (Å²) >= 11 is 0. The van der Waals surface area contributed by atoms with E-state index >= 15 is 0 Å². The van der Waals surface area contributed by atoms with Gasteiger partial charge in [-0.2, -0.15) is 26.3 Å². The third-order valence-electron chi connectivity index (χ3n) is 2.77. The van der Waals surface area contributed by atoms with Gasteiger partial charge in [-0.3, -0.25) is 4.79 Å². The second-order valence-electron chi connectivity index (χ2n) is 4.30. The van der Waals surface area contributed by atoms with E-state index in [9.17, 15) is 35.9 Å². The average Bonchev–Trinajstić information content (AvgIpc) is 2.29. The Labute approximate surface area is 109 Å². The summed E-state index contributed by atoms with van der Waals surface area (Å²) in [4.78, 5) is 21.4. The lowest BCUT2D eigenvalue weighted by molar-refractivity contribution is -0.207. The van der Waals surface area contributed by atoms with Crippen LogP contribution >= 0.6 is 0 Å². The van der Waals surface area contributed by atoms with Gasteiger partial charge in [0.05, 0.1) is 6.04 Å². The Morgan fingerprint density at radius 3 is 2.00 bits per heavy atom. The number of amides is 1. The highest BCUT2D eigenvalue weighted by Crippen LogP contribution is 2.26. The molecule has 0 bridgehead atoms. The van der Waals surface area contributed by atoms with Crippen molar-refractivity contribution in [2.75, 3.05) is 0 Å². The number of halogens is 6. The fourth-order valence-corrected chi connectivity index (χ4v) is 1.86. The van der Waals surface area contributed by atoms with Gasteiger partial charge in [-0.1, -0.05) is 6.42 Å². The van der Waals surface area contributed by atoms with Crippen LogP contribution in [0, 0.1) is 0 Å². The minimum absolute atomic E-state index is 0.0115. The molecule has 1 N–H and O–H groups in total. The van der Waals surface area contributed by atoms with Gasteiger partial charge in [0.2, 0.25) is 0 Å². The van der Waals surface area contributed by atoms with Crippen LogP contribution in [0.15, 0.2) is 0 Å². The van der Waals surface area contributed by atoms with E-state index in [0.29, 0.717) is 12.8 Å². The van der Waals surface area contributed by atoms with Gasteiger partial charge in [-0.05, 0) is 19.3 Å². The first kappa shape index (κ1) is 16.6. The molecule has 20 heavy (non-hydrogen) atoms. The van der Waals surface area contributed by atoms with Gasteiger partial charge in [-0.25, -0.2) is 4.79 Å². The Balaban J connectivity index is 2.68. The molecule has 1 rings (SSSR count). The first-order chi connectivity index (χ1) is 9.01. The summed E-state index contributed by atoms with van der Waals surface area (Å²) in [7, 11) is 0. The number of carbonyl (C=O) groups is 2. The second-order valence-corrected chi connectivity index (χ2v) is 4.30. The van der Waals surface area contributed by atoms with Crippen molar-refractivity contribution in [3.8, 4) is 0 Å². The van der Waals surface area contributed by atoms with Gasteiger partial charge in [0.25, 0.3) is 0 Å². The Morgan fingerprint density at radius 2 is 1.50 bits per heavy atom. The largest absolute Gasteiger partial charge is 0.490 e. The molecule has 0 radical (unpaired) electrons. The summed E-state index contributed by atoms with van der Waals surface area (Å²) in [5, 5.41) is 1.56. The minimum atomic E-state index is -5.23. The number of rotatable bonds is 2. The fourth-order valence-electron chi connectivity index (χ4n) is 1.86. The zero-order valence-electron chi connectivity index (χ0n) is 9.98. The third-order valence-corrected chi connectivity index (χ3v) is 2.77. The van der Waals surface area contributed by atoms with E-state index in [4.69, 9.17) is 0 Å². The summed E-state index contributed by atoms with van der Waals surface area (Å²) in [6.07, 6.45) is -11.0. The van der Waals surface area contributed by atoms with Crippen LogP contribution in [0.2, 0.25) is 0 Å². The molecule has 1 aliphatic carbocycles. The lowest BCUT2D eigenvalue weighted by atomic mass is 9.92. The van der Waals surface area contributed by atoms with Gasteiger partial charge < -0.3 is 10.1 Å². The van der Waals surface area contributed by atoms with E-state index in [2.05, 4.69) is 4.74 Å². The molecule has 0 aromatic rings. The number of ether oxygens (including phenoxy) is 1. The monoisotopic (exact) mass is 307 g/mol. The Hall–Kier alpha value is -1.48. The molecule has 0 aliphatic heterocycles. The molecule has 2 atom stereocenters. The fraction of sp³-hybridized carbons (Fsp3) is 0.800. The van der Waals surface area contributed by atoms with E-state index in [1.54, 1.807) is 5.32 Å². The van der Waals surface area contributed by atoms with Gasteiger partial charge in [-0.15, -0.1) is 0 Å². The molecule has 1 amide bonds. The molecule has 116 valence electrons. The number of hydrogen-bond donors (Lipinski definition) is 1. The molecule has 0 aromatic carbocycles. The van der Waals surface area contributed by atoms with E-state index in [1.165, 1.54) is 0 Å². The quantitative estimate of drug-likeness (QED) is 0.628. The van der Waals surface area contributed by atoms with Crippen molar-refractivity contribution in [2.45, 2.75) is 50.2 Å². The maximum Gasteiger partial charge on any atom is 0.490 e. The van der Waals surface area contributed by atoms with Crippen LogP contribution in [0.4, 0.5) is 26.3 Å². The van der Waals surface area contributed by atoms with Crippen molar-refractivity contribution in [2.24, 2.45) is 0 Å². The van der Waals surface area contributed by atoms with Gasteiger partial charge in [0.1, 0.15) is 6.10 Å². The first-order valence-electron chi connectivity index (χ1n) is 5.67. The molecule has 2 unspecified atom stereocenters. The van der Waals surface area contributed by atoms with E-state index in [0.717, 1.165) is 0 Å². The van der Waals surface area contributed by atoms with Crippen molar-refractivity contribution in [1.29, 1.82) is 0 Å². The smallest absolute Gasteiger partial charge is 0.454 e. The number of carbonyl (C=O) groups excluding carboxylic acids is 2. The first-order valence-corrected chi connectivity index (χ1v) is 5.67. The van der Waals surface area contributed by atoms with Crippen molar-refractivity contribution in [1.82, 2.24) is 5.32 Å². The highest BCUT2D eigenvalue weighted by atomic mass is 19.4. The molecular formula is C10H11F6NO3. The molecule has 0 heterocycles. The Morgan fingerprint density at radius 1 is 0.950 bits per heavy atom. The molecule has 1 saturated carbocycles. The standard InChI is InChI=1S/C10H11F6NO3/c11-9(12,13)7(18)17-5-3-1-2-4-6(5)20-8(19)10(14,15)16/h5-6H,1-4H2,(H,17,18). The van der Waals surface area contributed by atoms with Crippen LogP contribution in [0.25, 0.3) is 0 Å². The van der Waals surface area contributed by atoms with Gasteiger partial charge in [0.15, 0.2) is 0 Å². The predicted octanol–water partition coefficient (Wildman–Crippen LogP) is 2.08. The molecule has 10 heteroatoms.